The van der Waals surface area contributed by atoms with E-state index in [0.29, 0.717) is 22.0 Å². The van der Waals surface area contributed by atoms with E-state index in [0.717, 1.165) is 15.9 Å². The number of carbonyl (C=O) groups is 1. The number of ketones is 1. The lowest BCUT2D eigenvalue weighted by Crippen LogP contribution is -2.13. The average Bonchev–Trinajstić information content (AvgIpc) is 2.58. The van der Waals surface area contributed by atoms with Gasteiger partial charge in [0.05, 0.1) is 0 Å². The van der Waals surface area contributed by atoms with Gasteiger partial charge < -0.3 is 4.74 Å². The Morgan fingerprint density at radius 1 is 0.880 bits per heavy atom. The Labute approximate surface area is 146 Å². The first-order valence-corrected chi connectivity index (χ1v) is 8.87. The molecule has 3 aromatic rings. The highest BCUT2D eigenvalue weighted by Gasteiger charge is 2.40. The highest BCUT2D eigenvalue weighted by atomic mass is 32.2. The van der Waals surface area contributed by atoms with Crippen LogP contribution in [0, 0.1) is 11.6 Å². The molecule has 0 saturated carbocycles. The number of ether oxygens (including phenoxy) is 1. The van der Waals surface area contributed by atoms with E-state index in [1.165, 1.54) is 19.1 Å². The van der Waals surface area contributed by atoms with Crippen LogP contribution in [0.1, 0.15) is 17.3 Å². The van der Waals surface area contributed by atoms with E-state index >= 15 is 0 Å². The van der Waals surface area contributed by atoms with Crippen LogP contribution in [0.2, 0.25) is 0 Å². The summed E-state index contributed by atoms with van der Waals surface area (Å²) < 4.78 is 33.5. The van der Waals surface area contributed by atoms with Crippen LogP contribution >= 0.6 is 0 Å². The molecule has 1 unspecified atom stereocenters. The van der Waals surface area contributed by atoms with Crippen LogP contribution in [0.4, 0.5) is 8.78 Å². The molecule has 1 atom stereocenters. The number of fused-ring (bicyclic) bond motifs is 2. The first-order chi connectivity index (χ1) is 12.0. The van der Waals surface area contributed by atoms with Crippen molar-refractivity contribution in [2.75, 3.05) is 0 Å². The molecular formula is C20H13F2O2S+. The molecule has 4 rings (SSSR count). The highest BCUT2D eigenvalue weighted by Crippen LogP contribution is 2.47. The maximum absolute atomic E-state index is 13.8. The highest BCUT2D eigenvalue weighted by molar-refractivity contribution is 7.97. The van der Waals surface area contributed by atoms with Gasteiger partial charge in [-0.2, -0.15) is 0 Å². The van der Waals surface area contributed by atoms with Gasteiger partial charge in [-0.25, -0.2) is 8.78 Å². The topological polar surface area (TPSA) is 26.3 Å². The zero-order valence-electron chi connectivity index (χ0n) is 13.3. The molecule has 0 N–H and O–H groups in total. The number of para-hydroxylation sites is 1. The van der Waals surface area contributed by atoms with Crippen molar-refractivity contribution in [3.63, 3.8) is 0 Å². The Bertz CT molecular complexity index is 980. The maximum atomic E-state index is 13.8. The van der Waals surface area contributed by atoms with Gasteiger partial charge in [-0.15, -0.1) is 0 Å². The van der Waals surface area contributed by atoms with Crippen LogP contribution in [0.25, 0.3) is 0 Å². The molecule has 0 saturated heterocycles. The summed E-state index contributed by atoms with van der Waals surface area (Å²) in [5.74, 6) is -0.133. The molecule has 0 bridgehead atoms. The molecular weight excluding hydrogens is 342 g/mol. The van der Waals surface area contributed by atoms with E-state index in [9.17, 15) is 13.6 Å². The van der Waals surface area contributed by atoms with Crippen molar-refractivity contribution in [3.8, 4) is 11.5 Å². The van der Waals surface area contributed by atoms with E-state index in [1.54, 1.807) is 18.2 Å². The molecule has 0 aliphatic carbocycles. The summed E-state index contributed by atoms with van der Waals surface area (Å²) in [6.07, 6.45) is 0. The van der Waals surface area contributed by atoms with E-state index < -0.39 is 22.5 Å². The van der Waals surface area contributed by atoms with E-state index in [-0.39, 0.29) is 5.78 Å². The number of halogens is 2. The average molecular weight is 355 g/mol. The van der Waals surface area contributed by atoms with E-state index in [2.05, 4.69) is 0 Å². The molecule has 5 heteroatoms. The second-order valence-corrected chi connectivity index (χ2v) is 7.64. The van der Waals surface area contributed by atoms with Crippen LogP contribution in [0.3, 0.4) is 0 Å². The second kappa shape index (κ2) is 6.01. The zero-order valence-corrected chi connectivity index (χ0v) is 14.1. The normalized spacial score (nSPS) is 15.1. The summed E-state index contributed by atoms with van der Waals surface area (Å²) in [6, 6.07) is 16.2. The Morgan fingerprint density at radius 3 is 2.28 bits per heavy atom. The number of benzene rings is 3. The monoisotopic (exact) mass is 355 g/mol. The lowest BCUT2D eigenvalue weighted by Gasteiger charge is -2.20. The van der Waals surface area contributed by atoms with Crippen LogP contribution in [-0.2, 0) is 10.9 Å². The molecule has 0 amide bonds. The predicted octanol–water partition coefficient (Wildman–Crippen LogP) is 5.37. The van der Waals surface area contributed by atoms with Crippen LogP contribution in [0.15, 0.2) is 75.4 Å². The van der Waals surface area contributed by atoms with Crippen molar-refractivity contribution in [3.05, 3.63) is 77.9 Å². The third-order valence-corrected chi connectivity index (χ3v) is 6.19. The number of hydrogen-bond donors (Lipinski definition) is 0. The third kappa shape index (κ3) is 2.81. The molecule has 0 aromatic heterocycles. The molecule has 0 fully saturated rings. The quantitative estimate of drug-likeness (QED) is 0.357. The van der Waals surface area contributed by atoms with Crippen LogP contribution in [-0.4, -0.2) is 5.78 Å². The van der Waals surface area contributed by atoms with Gasteiger partial charge in [-0.05, 0) is 37.3 Å². The van der Waals surface area contributed by atoms with Crippen molar-refractivity contribution < 1.29 is 18.3 Å². The summed E-state index contributed by atoms with van der Waals surface area (Å²) in [6.45, 7) is 1.49. The molecule has 1 heterocycles. The van der Waals surface area contributed by atoms with E-state index in [4.69, 9.17) is 4.74 Å². The lowest BCUT2D eigenvalue weighted by atomic mass is 10.1. The number of hydrogen-bond acceptors (Lipinski definition) is 2. The van der Waals surface area contributed by atoms with Gasteiger partial charge in [0.2, 0.25) is 9.79 Å². The van der Waals surface area contributed by atoms with Gasteiger partial charge >= 0.3 is 0 Å². The summed E-state index contributed by atoms with van der Waals surface area (Å²) >= 11 is 0. The minimum atomic E-state index is -0.716. The van der Waals surface area contributed by atoms with Crippen molar-refractivity contribution >= 4 is 16.7 Å². The fraction of sp³-hybridized carbons (Fsp3) is 0.0500. The molecule has 2 nitrogen and oxygen atoms in total. The summed E-state index contributed by atoms with van der Waals surface area (Å²) in [7, 11) is -0.716. The molecule has 25 heavy (non-hydrogen) atoms. The number of Topliss-reactive ketones (excluding diaryl/α,β-unsaturated/α-hetero) is 1. The van der Waals surface area contributed by atoms with Gasteiger partial charge in [-0.3, -0.25) is 4.79 Å². The summed E-state index contributed by atoms with van der Waals surface area (Å²) in [4.78, 5) is 13.9. The first kappa shape index (κ1) is 15.8. The molecule has 3 aromatic carbocycles. The molecule has 1 aliphatic heterocycles. The zero-order chi connectivity index (χ0) is 17.6. The second-order valence-electron chi connectivity index (χ2n) is 5.68. The van der Waals surface area contributed by atoms with E-state index in [1.807, 2.05) is 24.3 Å². The van der Waals surface area contributed by atoms with Crippen molar-refractivity contribution in [1.82, 2.24) is 0 Å². The Morgan fingerprint density at radius 2 is 1.56 bits per heavy atom. The van der Waals surface area contributed by atoms with Gasteiger partial charge in [0.15, 0.2) is 22.2 Å². The Hall–Kier alpha value is -2.66. The van der Waals surface area contributed by atoms with Crippen LogP contribution < -0.4 is 4.74 Å². The van der Waals surface area contributed by atoms with Gasteiger partial charge in [0.1, 0.15) is 22.5 Å². The van der Waals surface area contributed by atoms with Gasteiger partial charge in [0, 0.05) is 23.8 Å². The minimum absolute atomic E-state index is 0.0676. The smallest absolute Gasteiger partial charge is 0.209 e. The maximum Gasteiger partial charge on any atom is 0.209 e. The Kier molecular flexibility index (Phi) is 3.81. The number of carbonyl (C=O) groups excluding carboxylic acids is 1. The minimum Gasteiger partial charge on any atom is -0.447 e. The van der Waals surface area contributed by atoms with Crippen molar-refractivity contribution in [2.24, 2.45) is 0 Å². The third-order valence-electron chi connectivity index (χ3n) is 3.93. The van der Waals surface area contributed by atoms with Crippen LogP contribution in [0.5, 0.6) is 11.5 Å². The van der Waals surface area contributed by atoms with Gasteiger partial charge in [0.25, 0.3) is 0 Å². The molecule has 124 valence electrons. The fourth-order valence-electron chi connectivity index (χ4n) is 2.82. The van der Waals surface area contributed by atoms with Crippen molar-refractivity contribution in [2.45, 2.75) is 21.6 Å². The fourth-order valence-corrected chi connectivity index (χ4v) is 5.05. The van der Waals surface area contributed by atoms with Gasteiger partial charge in [-0.1, -0.05) is 12.1 Å². The largest absolute Gasteiger partial charge is 0.447 e. The lowest BCUT2D eigenvalue weighted by molar-refractivity contribution is 0.101. The SMILES string of the molecule is CC(=O)c1ccc2c(c1)Oc1ccccc1[S+]2c1cc(F)cc(F)c1. The summed E-state index contributed by atoms with van der Waals surface area (Å²) in [5, 5.41) is 0. The Balaban J connectivity index is 1.96. The molecule has 1 aliphatic rings. The molecule has 0 radical (unpaired) electrons. The number of rotatable bonds is 2. The van der Waals surface area contributed by atoms with Crippen molar-refractivity contribution in [1.29, 1.82) is 0 Å². The molecule has 0 spiro atoms. The predicted molar refractivity (Wildman–Crippen MR) is 91.5 cm³/mol. The standard InChI is InChI=1S/C20H13F2O2S/c1-12(23)13-6-7-20-18(8-13)24-17-4-2-3-5-19(17)25(20)16-10-14(21)9-15(22)11-16/h2-11H,1H3/q+1. The first-order valence-electron chi connectivity index (χ1n) is 7.65. The summed E-state index contributed by atoms with van der Waals surface area (Å²) in [5.41, 5.74) is 0.534.